The number of esters is 1. The Bertz CT molecular complexity index is 440. The molecule has 15 heavy (non-hydrogen) atoms. The van der Waals surface area contributed by atoms with Gasteiger partial charge in [-0.15, -0.1) is 12.6 Å². The monoisotopic (exact) mass is 241 g/mol. The minimum Gasteiger partial charge on any atom is -0.462 e. The highest BCUT2D eigenvalue weighted by Gasteiger charge is 2.18. The van der Waals surface area contributed by atoms with Crippen LogP contribution in [0, 0.1) is 11.3 Å². The Kier molecular flexibility index (Phi) is 4.01. The van der Waals surface area contributed by atoms with Gasteiger partial charge in [-0.1, -0.05) is 11.6 Å². The first-order valence-electron chi connectivity index (χ1n) is 4.20. The van der Waals surface area contributed by atoms with Gasteiger partial charge < -0.3 is 4.74 Å². The van der Waals surface area contributed by atoms with Crippen LogP contribution in [0.3, 0.4) is 0 Å². The van der Waals surface area contributed by atoms with Crippen molar-refractivity contribution < 1.29 is 9.53 Å². The molecule has 0 saturated heterocycles. The van der Waals surface area contributed by atoms with Crippen LogP contribution in [0.2, 0.25) is 5.02 Å². The van der Waals surface area contributed by atoms with Gasteiger partial charge in [0.1, 0.15) is 6.07 Å². The zero-order valence-electron chi connectivity index (χ0n) is 7.95. The lowest BCUT2D eigenvalue weighted by molar-refractivity contribution is 0.0522. The van der Waals surface area contributed by atoms with Gasteiger partial charge in [0.2, 0.25) is 0 Å². The highest BCUT2D eigenvalue weighted by atomic mass is 35.5. The largest absolute Gasteiger partial charge is 0.462 e. The number of thiol groups is 1. The molecule has 0 spiro atoms. The van der Waals surface area contributed by atoms with Crippen LogP contribution in [-0.2, 0) is 4.74 Å². The standard InChI is InChI=1S/C10H8ClNO2S/c1-2-14-10(13)8-6(5-12)3-4-7(11)9(8)15/h3-4,15H,2H2,1H3. The van der Waals surface area contributed by atoms with Gasteiger partial charge in [-0.3, -0.25) is 0 Å². The predicted molar refractivity (Wildman–Crippen MR) is 59.4 cm³/mol. The van der Waals surface area contributed by atoms with Crippen molar-refractivity contribution in [2.24, 2.45) is 0 Å². The Morgan fingerprint density at radius 1 is 1.67 bits per heavy atom. The molecule has 78 valence electrons. The average Bonchev–Trinajstić information content (AvgIpc) is 2.22. The molecule has 1 rings (SSSR count). The first kappa shape index (κ1) is 11.9. The molecule has 0 bridgehead atoms. The number of hydrogen-bond donors (Lipinski definition) is 1. The number of nitrogens with zero attached hydrogens (tertiary/aromatic N) is 1. The van der Waals surface area contributed by atoms with Gasteiger partial charge in [-0.2, -0.15) is 5.26 Å². The minimum atomic E-state index is -0.582. The van der Waals surface area contributed by atoms with Crippen molar-refractivity contribution in [1.82, 2.24) is 0 Å². The molecule has 1 aromatic rings. The van der Waals surface area contributed by atoms with Crippen molar-refractivity contribution in [2.75, 3.05) is 6.61 Å². The van der Waals surface area contributed by atoms with Crippen molar-refractivity contribution in [1.29, 1.82) is 5.26 Å². The zero-order chi connectivity index (χ0) is 11.4. The lowest BCUT2D eigenvalue weighted by atomic mass is 10.1. The average molecular weight is 242 g/mol. The minimum absolute atomic E-state index is 0.121. The van der Waals surface area contributed by atoms with Crippen LogP contribution in [-0.4, -0.2) is 12.6 Å². The van der Waals surface area contributed by atoms with E-state index in [2.05, 4.69) is 12.6 Å². The third kappa shape index (κ3) is 2.44. The molecule has 0 radical (unpaired) electrons. The van der Waals surface area contributed by atoms with Crippen molar-refractivity contribution in [3.8, 4) is 6.07 Å². The number of nitriles is 1. The summed E-state index contributed by atoms with van der Waals surface area (Å²) in [6.07, 6.45) is 0. The summed E-state index contributed by atoms with van der Waals surface area (Å²) >= 11 is 9.88. The molecule has 0 aromatic heterocycles. The highest BCUT2D eigenvalue weighted by molar-refractivity contribution is 7.80. The molecule has 0 unspecified atom stereocenters. The SMILES string of the molecule is CCOC(=O)c1c(C#N)ccc(Cl)c1S. The van der Waals surface area contributed by atoms with E-state index in [4.69, 9.17) is 21.6 Å². The van der Waals surface area contributed by atoms with Crippen LogP contribution in [0.4, 0.5) is 0 Å². The number of halogens is 1. The molecule has 0 heterocycles. The molecule has 0 saturated carbocycles. The van der Waals surface area contributed by atoms with Crippen LogP contribution in [0.15, 0.2) is 17.0 Å². The maximum atomic E-state index is 11.5. The number of carbonyl (C=O) groups excluding carboxylic acids is 1. The third-order valence-electron chi connectivity index (χ3n) is 1.73. The zero-order valence-corrected chi connectivity index (χ0v) is 9.60. The summed E-state index contributed by atoms with van der Waals surface area (Å²) in [5.74, 6) is -0.582. The maximum Gasteiger partial charge on any atom is 0.340 e. The molecule has 0 fully saturated rings. The van der Waals surface area contributed by atoms with E-state index in [9.17, 15) is 4.79 Å². The molecular weight excluding hydrogens is 234 g/mol. The summed E-state index contributed by atoms with van der Waals surface area (Å²) in [6.45, 7) is 1.93. The summed E-state index contributed by atoms with van der Waals surface area (Å²) in [5.41, 5.74) is 0.332. The fourth-order valence-electron chi connectivity index (χ4n) is 1.07. The molecule has 0 N–H and O–H groups in total. The van der Waals surface area contributed by atoms with Crippen molar-refractivity contribution in [2.45, 2.75) is 11.8 Å². The number of benzene rings is 1. The summed E-state index contributed by atoms with van der Waals surface area (Å²) < 4.78 is 4.81. The summed E-state index contributed by atoms with van der Waals surface area (Å²) in [7, 11) is 0. The van der Waals surface area contributed by atoms with E-state index in [0.29, 0.717) is 5.02 Å². The van der Waals surface area contributed by atoms with E-state index in [-0.39, 0.29) is 22.6 Å². The lowest BCUT2D eigenvalue weighted by Gasteiger charge is -2.07. The smallest absolute Gasteiger partial charge is 0.340 e. The Morgan fingerprint density at radius 3 is 2.87 bits per heavy atom. The number of hydrogen-bond acceptors (Lipinski definition) is 4. The molecular formula is C10H8ClNO2S. The Hall–Kier alpha value is -1.18. The van der Waals surface area contributed by atoms with Gasteiger partial charge in [-0.25, -0.2) is 4.79 Å². The second-order valence-corrected chi connectivity index (χ2v) is 3.51. The predicted octanol–water partition coefficient (Wildman–Crippen LogP) is 2.68. The summed E-state index contributed by atoms with van der Waals surface area (Å²) in [6, 6.07) is 4.88. The molecule has 0 atom stereocenters. The second-order valence-electron chi connectivity index (χ2n) is 2.65. The van der Waals surface area contributed by atoms with E-state index in [1.807, 2.05) is 6.07 Å². The maximum absolute atomic E-state index is 11.5. The van der Waals surface area contributed by atoms with Crippen molar-refractivity contribution in [3.05, 3.63) is 28.3 Å². The highest BCUT2D eigenvalue weighted by Crippen LogP contribution is 2.27. The van der Waals surface area contributed by atoms with Crippen LogP contribution in [0.5, 0.6) is 0 Å². The first-order valence-corrected chi connectivity index (χ1v) is 5.03. The molecule has 0 aliphatic rings. The number of carbonyl (C=O) groups is 1. The van der Waals surface area contributed by atoms with Crippen LogP contribution in [0.1, 0.15) is 22.8 Å². The van der Waals surface area contributed by atoms with E-state index in [0.717, 1.165) is 0 Å². The fraction of sp³-hybridized carbons (Fsp3) is 0.200. The molecule has 1 aromatic carbocycles. The summed E-state index contributed by atoms with van der Waals surface area (Å²) in [4.78, 5) is 11.8. The van der Waals surface area contributed by atoms with E-state index in [1.54, 1.807) is 6.92 Å². The second kappa shape index (κ2) is 5.06. The van der Waals surface area contributed by atoms with Crippen molar-refractivity contribution >= 4 is 30.2 Å². The number of ether oxygens (including phenoxy) is 1. The van der Waals surface area contributed by atoms with Gasteiger partial charge in [0.05, 0.1) is 22.8 Å². The van der Waals surface area contributed by atoms with Crippen LogP contribution in [0.25, 0.3) is 0 Å². The van der Waals surface area contributed by atoms with E-state index in [1.165, 1.54) is 12.1 Å². The molecule has 0 amide bonds. The van der Waals surface area contributed by atoms with Crippen LogP contribution < -0.4 is 0 Å². The quantitative estimate of drug-likeness (QED) is 0.640. The van der Waals surface area contributed by atoms with Gasteiger partial charge >= 0.3 is 5.97 Å². The first-order chi connectivity index (χ1) is 7.11. The Labute approximate surface area is 98.0 Å². The molecule has 3 nitrogen and oxygen atoms in total. The topological polar surface area (TPSA) is 50.1 Å². The third-order valence-corrected chi connectivity index (χ3v) is 2.64. The van der Waals surface area contributed by atoms with E-state index >= 15 is 0 Å². The molecule has 0 aliphatic carbocycles. The van der Waals surface area contributed by atoms with E-state index < -0.39 is 5.97 Å². The fourth-order valence-corrected chi connectivity index (χ4v) is 1.51. The molecule has 0 aliphatic heterocycles. The van der Waals surface area contributed by atoms with Gasteiger partial charge in [0.15, 0.2) is 0 Å². The van der Waals surface area contributed by atoms with Gasteiger partial charge in [-0.05, 0) is 19.1 Å². The summed E-state index contributed by atoms with van der Waals surface area (Å²) in [5, 5.41) is 9.14. The van der Waals surface area contributed by atoms with Gasteiger partial charge in [0.25, 0.3) is 0 Å². The van der Waals surface area contributed by atoms with Crippen LogP contribution >= 0.6 is 24.2 Å². The normalized spacial score (nSPS) is 9.47. The Balaban J connectivity index is 3.31. The molecule has 5 heteroatoms. The number of rotatable bonds is 2. The van der Waals surface area contributed by atoms with Crippen molar-refractivity contribution in [3.63, 3.8) is 0 Å². The lowest BCUT2D eigenvalue weighted by Crippen LogP contribution is -2.08. The van der Waals surface area contributed by atoms with Gasteiger partial charge in [0, 0.05) is 4.90 Å². The Morgan fingerprint density at radius 2 is 2.33 bits per heavy atom.